The van der Waals surface area contributed by atoms with Crippen LogP contribution in [-0.2, 0) is 5.41 Å². The zero-order valence-electron chi connectivity index (χ0n) is 31.0. The van der Waals surface area contributed by atoms with Gasteiger partial charge in [0.1, 0.15) is 28.6 Å². The summed E-state index contributed by atoms with van der Waals surface area (Å²) in [6.07, 6.45) is 0. The Kier molecular flexibility index (Phi) is 10.1. The van der Waals surface area contributed by atoms with E-state index in [9.17, 15) is 26.3 Å². The van der Waals surface area contributed by atoms with Gasteiger partial charge in [0.05, 0.1) is 16.4 Å². The monoisotopic (exact) mass is 808 g/mol. The van der Waals surface area contributed by atoms with Gasteiger partial charge in [-0.1, -0.05) is 80.6 Å². The number of nitrogens with zero attached hydrogens (tertiary/aromatic N) is 1. The zero-order valence-corrected chi connectivity index (χ0v) is 31.9. The van der Waals surface area contributed by atoms with E-state index in [1.165, 1.54) is 12.1 Å². The number of hydrogen-bond acceptors (Lipinski definition) is 1. The molecule has 0 fully saturated rings. The van der Waals surface area contributed by atoms with Crippen LogP contribution in [0.4, 0.5) is 43.9 Å². The molecule has 2 nitrogen and oxygen atoms in total. The molecule has 6 aromatic carbocycles. The van der Waals surface area contributed by atoms with Crippen molar-refractivity contribution < 1.29 is 53.0 Å². The van der Waals surface area contributed by atoms with Crippen LogP contribution in [0, 0.1) is 58.2 Å². The molecule has 7 rings (SSSR count). The summed E-state index contributed by atoms with van der Waals surface area (Å²) in [6.45, 7) is 0.710. The van der Waals surface area contributed by atoms with Crippen LogP contribution in [0.2, 0.25) is 0 Å². The Balaban J connectivity index is 1.61. The fourth-order valence-corrected chi connectivity index (χ4v) is 12.1. The molecule has 0 bridgehead atoms. The average Bonchev–Trinajstić information content (AvgIpc) is 3.19. The summed E-state index contributed by atoms with van der Waals surface area (Å²) in [5, 5.41) is 2.40. The lowest BCUT2D eigenvalue weighted by Gasteiger charge is -2.46. The molecular weight excluding hydrogens is 777 g/mol. The second-order valence-electron chi connectivity index (χ2n) is 15.1. The van der Waals surface area contributed by atoms with Gasteiger partial charge in [0.2, 0.25) is 0 Å². The Hall–Kier alpha value is -5.06. The number of hydrogen-bond donors (Lipinski definition) is 0. The fourth-order valence-electron chi connectivity index (χ4n) is 7.71. The predicted molar refractivity (Wildman–Crippen MR) is 205 cm³/mol. The van der Waals surface area contributed by atoms with E-state index in [2.05, 4.69) is 7.13 Å². The third-order valence-electron chi connectivity index (χ3n) is 10.2. The molecule has 0 saturated carbocycles. The second-order valence-corrected chi connectivity index (χ2v) is 18.3. The van der Waals surface area contributed by atoms with Gasteiger partial charge in [0.15, 0.2) is 40.7 Å². The molecule has 1 aliphatic heterocycles. The zero-order chi connectivity index (χ0) is 41.4. The highest BCUT2D eigenvalue weighted by atomic mass is 31.2. The van der Waals surface area contributed by atoms with Crippen molar-refractivity contribution in [2.45, 2.75) is 19.3 Å². The van der Waals surface area contributed by atoms with E-state index < -0.39 is 93.8 Å². The quantitative estimate of drug-likeness (QED) is 0.0508. The molecule has 1 heterocycles. The summed E-state index contributed by atoms with van der Waals surface area (Å²) < 4.78 is 159. The van der Waals surface area contributed by atoms with Crippen molar-refractivity contribution in [3.63, 3.8) is 0 Å². The first-order valence-electron chi connectivity index (χ1n) is 17.5. The Bertz CT molecular complexity index is 2400. The van der Waals surface area contributed by atoms with Crippen LogP contribution in [0.25, 0.3) is 0 Å². The molecule has 0 spiro atoms. The SMILES string of the molecule is CC1(C)c2cccc([B-](c3c(F)c(F)c(F)c(F)c3F)c3c(F)c(F)c(F)c(F)c3F)c2Oc2c1cccc2[P+]([B-][N+](C)(C)C)(c1ccccc1)c1ccccc1. The number of rotatable bonds is 8. The molecule has 0 atom stereocenters. The van der Waals surface area contributed by atoms with Crippen molar-refractivity contribution in [3.8, 4) is 11.5 Å². The van der Waals surface area contributed by atoms with Crippen LogP contribution >= 0.6 is 7.14 Å². The Morgan fingerprint density at radius 2 is 0.877 bits per heavy atom. The summed E-state index contributed by atoms with van der Waals surface area (Å²) in [4.78, 5) is 0. The van der Waals surface area contributed by atoms with E-state index in [4.69, 9.17) is 4.74 Å². The molecule has 1 aliphatic rings. The maximum atomic E-state index is 15.9. The lowest BCUT2D eigenvalue weighted by molar-refractivity contribution is -0.752. The number of ether oxygens (including phenoxy) is 1. The van der Waals surface area contributed by atoms with Crippen LogP contribution in [0.1, 0.15) is 25.0 Å². The number of quaternary nitrogens is 1. The van der Waals surface area contributed by atoms with Crippen molar-refractivity contribution in [1.29, 1.82) is 0 Å². The third-order valence-corrected chi connectivity index (χ3v) is 14.6. The van der Waals surface area contributed by atoms with Gasteiger partial charge < -0.3 is 9.13 Å². The van der Waals surface area contributed by atoms with Crippen molar-refractivity contribution in [3.05, 3.63) is 166 Å². The minimum absolute atomic E-state index is 0.210. The molecule has 0 amide bonds. The van der Waals surface area contributed by atoms with Crippen LogP contribution in [0.15, 0.2) is 97.1 Å². The molecule has 3 radical (unpaired) electrons. The maximum Gasteiger partial charge on any atom is 0.267 e. The van der Waals surface area contributed by atoms with Crippen LogP contribution in [0.5, 0.6) is 11.5 Å². The normalized spacial score (nSPS) is 13.7. The standard InChI is InChI=1S/C42H31B2F10NOP/c1-42(2)24-18-12-20-26(44(28-30(45)34(49)38(53)35(50)31(28)46)29-32(47)36(51)39(54)37(52)33(29)48)40(24)56-41-25(42)19-13-21-27(41)57(43-55(3,4)5,22-14-8-6-9-15-22)23-16-10-7-11-17-23/h6-21H,1-5H3. The van der Waals surface area contributed by atoms with Crippen molar-refractivity contribution in [1.82, 2.24) is 0 Å². The molecule has 6 aromatic rings. The summed E-state index contributed by atoms with van der Waals surface area (Å²) in [5.41, 5.74) is -4.63. The van der Waals surface area contributed by atoms with Gasteiger partial charge in [-0.3, -0.25) is 0 Å². The summed E-state index contributed by atoms with van der Waals surface area (Å²) >= 11 is 0. The second kappa shape index (κ2) is 14.4. The fraction of sp³-hybridized carbons (Fsp3) is 0.143. The van der Waals surface area contributed by atoms with Gasteiger partial charge in [-0.15, -0.1) is 0 Å². The van der Waals surface area contributed by atoms with Gasteiger partial charge in [-0.05, 0) is 44.2 Å². The first-order chi connectivity index (χ1) is 26.8. The van der Waals surface area contributed by atoms with Crippen molar-refractivity contribution in [2.75, 3.05) is 21.1 Å². The molecule has 0 unspecified atom stereocenters. The lowest BCUT2D eigenvalue weighted by Crippen LogP contribution is -2.59. The molecule has 0 saturated heterocycles. The van der Waals surface area contributed by atoms with Crippen molar-refractivity contribution >= 4 is 53.3 Å². The first-order valence-corrected chi connectivity index (χ1v) is 19.4. The maximum absolute atomic E-state index is 15.9. The van der Waals surface area contributed by atoms with Gasteiger partial charge in [-0.2, -0.15) is 16.4 Å². The summed E-state index contributed by atoms with van der Waals surface area (Å²) in [7, 11) is 5.13. The number of fused-ring (bicyclic) bond motifs is 2. The lowest BCUT2D eigenvalue weighted by atomic mass is 9.35. The topological polar surface area (TPSA) is 9.23 Å². The van der Waals surface area contributed by atoms with E-state index in [1.54, 1.807) is 19.9 Å². The van der Waals surface area contributed by atoms with E-state index in [1.807, 2.05) is 93.9 Å². The minimum Gasteiger partial charge on any atom is -0.529 e. The Morgan fingerprint density at radius 3 is 1.30 bits per heavy atom. The molecule has 0 aromatic heterocycles. The molecule has 291 valence electrons. The number of benzene rings is 6. The molecule has 0 N–H and O–H groups in total. The highest BCUT2D eigenvalue weighted by molar-refractivity contribution is 8.15. The summed E-state index contributed by atoms with van der Waals surface area (Å²) in [5.74, 6) is -25.4. The summed E-state index contributed by atoms with van der Waals surface area (Å²) in [6, 6.07) is 28.4. The average molecular weight is 808 g/mol. The largest absolute Gasteiger partial charge is 0.529 e. The van der Waals surface area contributed by atoms with E-state index in [-0.39, 0.29) is 17.1 Å². The molecular formula is C42H31B2F10NOP. The van der Waals surface area contributed by atoms with Gasteiger partial charge in [0, 0.05) is 37.7 Å². The third kappa shape index (κ3) is 6.32. The van der Waals surface area contributed by atoms with Gasteiger partial charge >= 0.3 is 0 Å². The molecule has 15 heteroatoms. The van der Waals surface area contributed by atoms with Gasteiger partial charge in [0.25, 0.3) is 7.13 Å². The molecule has 57 heavy (non-hydrogen) atoms. The number of para-hydroxylation sites is 2. The first kappa shape index (κ1) is 40.1. The van der Waals surface area contributed by atoms with Crippen molar-refractivity contribution in [2.24, 2.45) is 0 Å². The number of halogens is 10. The van der Waals surface area contributed by atoms with Crippen LogP contribution in [0.3, 0.4) is 0 Å². The van der Waals surface area contributed by atoms with Crippen LogP contribution in [-0.4, -0.2) is 39.4 Å². The smallest absolute Gasteiger partial charge is 0.267 e. The minimum atomic E-state index is -2.93. The van der Waals surface area contributed by atoms with E-state index >= 15 is 17.6 Å². The van der Waals surface area contributed by atoms with Crippen LogP contribution < -0.4 is 37.0 Å². The Labute approximate surface area is 324 Å². The van der Waals surface area contributed by atoms with Gasteiger partial charge in [-0.25, -0.2) is 43.9 Å². The predicted octanol–water partition coefficient (Wildman–Crippen LogP) is 7.56. The highest BCUT2D eigenvalue weighted by Gasteiger charge is 2.47. The van der Waals surface area contributed by atoms with E-state index in [0.717, 1.165) is 16.7 Å². The highest BCUT2D eigenvalue weighted by Crippen LogP contribution is 2.59. The molecule has 0 aliphatic carbocycles. The van der Waals surface area contributed by atoms with E-state index in [0.29, 0.717) is 15.3 Å². The Morgan fingerprint density at radius 1 is 0.491 bits per heavy atom.